The third-order valence-electron chi connectivity index (χ3n) is 3.26. The number of carbonyl (C=O) groups excluding carboxylic acids is 1. The van der Waals surface area contributed by atoms with Gasteiger partial charge < -0.3 is 5.11 Å². The first kappa shape index (κ1) is 12.6. The molecule has 1 aromatic carbocycles. The SMILES string of the molecule is Cc1ccccc1C(=O)c1nnc2cc(C(C)O)[nH]n12. The van der Waals surface area contributed by atoms with Gasteiger partial charge in [-0.25, -0.2) is 4.52 Å². The lowest BCUT2D eigenvalue weighted by molar-refractivity contribution is 0.102. The number of nitrogens with zero attached hydrogens (tertiary/aromatic N) is 3. The molecular weight excluding hydrogens is 256 g/mol. The van der Waals surface area contributed by atoms with Crippen LogP contribution in [-0.4, -0.2) is 30.7 Å². The first-order valence-electron chi connectivity index (χ1n) is 6.30. The van der Waals surface area contributed by atoms with Crippen LogP contribution in [0, 0.1) is 6.92 Å². The Bertz CT molecular complexity index is 785. The zero-order valence-electron chi connectivity index (χ0n) is 11.2. The van der Waals surface area contributed by atoms with E-state index in [4.69, 9.17) is 0 Å². The number of H-pyrrole nitrogens is 1. The van der Waals surface area contributed by atoms with Crippen molar-refractivity contribution in [2.75, 3.05) is 0 Å². The van der Waals surface area contributed by atoms with Crippen molar-refractivity contribution in [1.29, 1.82) is 0 Å². The molecule has 0 radical (unpaired) electrons. The first-order valence-corrected chi connectivity index (χ1v) is 6.30. The number of fused-ring (bicyclic) bond motifs is 1. The van der Waals surface area contributed by atoms with Crippen molar-refractivity contribution in [2.24, 2.45) is 0 Å². The highest BCUT2D eigenvalue weighted by atomic mass is 16.3. The van der Waals surface area contributed by atoms with Crippen LogP contribution in [0.1, 0.15) is 40.5 Å². The van der Waals surface area contributed by atoms with E-state index in [1.54, 1.807) is 19.1 Å². The molecule has 0 fully saturated rings. The lowest BCUT2D eigenvalue weighted by Gasteiger charge is -2.02. The van der Waals surface area contributed by atoms with Gasteiger partial charge in [-0.15, -0.1) is 10.2 Å². The zero-order valence-corrected chi connectivity index (χ0v) is 11.2. The number of aromatic nitrogens is 4. The van der Waals surface area contributed by atoms with Gasteiger partial charge in [-0.05, 0) is 19.4 Å². The summed E-state index contributed by atoms with van der Waals surface area (Å²) in [6.45, 7) is 3.52. The van der Waals surface area contributed by atoms with Crippen LogP contribution in [0.4, 0.5) is 0 Å². The summed E-state index contributed by atoms with van der Waals surface area (Å²) < 4.78 is 1.50. The standard InChI is InChI=1S/C14H14N4O2/c1-8-5-3-4-6-10(8)13(20)14-16-15-12-7-11(9(2)19)17-18(12)14/h3-7,9,17,19H,1-2H3. The Morgan fingerprint density at radius 1 is 1.35 bits per heavy atom. The van der Waals surface area contributed by atoms with E-state index in [1.807, 2.05) is 25.1 Å². The molecule has 2 heterocycles. The molecule has 0 spiro atoms. The van der Waals surface area contributed by atoms with Crippen molar-refractivity contribution in [3.05, 3.63) is 53.0 Å². The highest BCUT2D eigenvalue weighted by molar-refractivity contribution is 6.07. The van der Waals surface area contributed by atoms with E-state index < -0.39 is 6.10 Å². The summed E-state index contributed by atoms with van der Waals surface area (Å²) in [6, 6.07) is 9.01. The number of aliphatic hydroxyl groups is 1. The summed E-state index contributed by atoms with van der Waals surface area (Å²) in [7, 11) is 0. The van der Waals surface area contributed by atoms with Crippen LogP contribution in [0.25, 0.3) is 5.65 Å². The summed E-state index contributed by atoms with van der Waals surface area (Å²) in [4.78, 5) is 12.5. The number of ketones is 1. The van der Waals surface area contributed by atoms with Crippen LogP contribution >= 0.6 is 0 Å². The molecule has 20 heavy (non-hydrogen) atoms. The fourth-order valence-electron chi connectivity index (χ4n) is 2.11. The van der Waals surface area contributed by atoms with Crippen LogP contribution in [-0.2, 0) is 0 Å². The third-order valence-corrected chi connectivity index (χ3v) is 3.26. The minimum absolute atomic E-state index is 0.199. The minimum atomic E-state index is -0.655. The molecule has 0 amide bonds. The molecule has 0 aliphatic heterocycles. The Morgan fingerprint density at radius 2 is 2.10 bits per heavy atom. The molecule has 2 N–H and O–H groups in total. The average molecular weight is 270 g/mol. The van der Waals surface area contributed by atoms with E-state index in [-0.39, 0.29) is 11.6 Å². The third kappa shape index (κ3) is 1.90. The predicted molar refractivity (Wildman–Crippen MR) is 72.6 cm³/mol. The highest BCUT2D eigenvalue weighted by Gasteiger charge is 2.20. The number of carbonyl (C=O) groups is 1. The number of aryl methyl sites for hydroxylation is 1. The van der Waals surface area contributed by atoms with Gasteiger partial charge in [0.2, 0.25) is 11.6 Å². The van der Waals surface area contributed by atoms with Crippen LogP contribution in [0.3, 0.4) is 0 Å². The lowest BCUT2D eigenvalue weighted by atomic mass is 10.0. The van der Waals surface area contributed by atoms with Gasteiger partial charge in [-0.2, -0.15) is 0 Å². The fraction of sp³-hybridized carbons (Fsp3) is 0.214. The molecule has 1 unspecified atom stereocenters. The second kappa shape index (κ2) is 4.57. The van der Waals surface area contributed by atoms with E-state index in [0.717, 1.165) is 5.56 Å². The monoisotopic (exact) mass is 270 g/mol. The molecule has 0 saturated carbocycles. The molecule has 102 valence electrons. The second-order valence-electron chi connectivity index (χ2n) is 4.75. The molecule has 0 saturated heterocycles. The Kier molecular flexibility index (Phi) is 2.87. The molecular formula is C14H14N4O2. The molecule has 6 heteroatoms. The van der Waals surface area contributed by atoms with Crippen LogP contribution in [0.5, 0.6) is 0 Å². The van der Waals surface area contributed by atoms with E-state index in [0.29, 0.717) is 16.9 Å². The van der Waals surface area contributed by atoms with Gasteiger partial charge >= 0.3 is 0 Å². The highest BCUT2D eigenvalue weighted by Crippen LogP contribution is 2.16. The Labute approximate surface area is 115 Å². The van der Waals surface area contributed by atoms with E-state index >= 15 is 0 Å². The molecule has 3 rings (SSSR count). The largest absolute Gasteiger partial charge is 0.387 e. The minimum Gasteiger partial charge on any atom is -0.387 e. The normalized spacial score (nSPS) is 12.8. The summed E-state index contributed by atoms with van der Waals surface area (Å²) in [6.07, 6.45) is -0.655. The van der Waals surface area contributed by atoms with Gasteiger partial charge in [0.1, 0.15) is 0 Å². The fourth-order valence-corrected chi connectivity index (χ4v) is 2.11. The molecule has 3 aromatic rings. The van der Waals surface area contributed by atoms with Crippen LogP contribution < -0.4 is 0 Å². The van der Waals surface area contributed by atoms with Crippen molar-refractivity contribution < 1.29 is 9.90 Å². The molecule has 0 bridgehead atoms. The summed E-state index contributed by atoms with van der Waals surface area (Å²) in [5, 5.41) is 20.4. The molecule has 2 aromatic heterocycles. The quantitative estimate of drug-likeness (QED) is 0.709. The number of nitrogens with one attached hydrogen (secondary N) is 1. The molecule has 1 atom stereocenters. The van der Waals surface area contributed by atoms with Crippen molar-refractivity contribution >= 4 is 11.4 Å². The Balaban J connectivity index is 2.10. The molecule has 0 aliphatic rings. The van der Waals surface area contributed by atoms with Crippen molar-refractivity contribution in [1.82, 2.24) is 19.8 Å². The van der Waals surface area contributed by atoms with E-state index in [2.05, 4.69) is 15.3 Å². The average Bonchev–Trinajstić information content (AvgIpc) is 2.98. The maximum absolute atomic E-state index is 12.5. The first-order chi connectivity index (χ1) is 9.58. The van der Waals surface area contributed by atoms with Crippen LogP contribution in [0.15, 0.2) is 30.3 Å². The van der Waals surface area contributed by atoms with Gasteiger partial charge in [0.25, 0.3) is 0 Å². The Hall–Kier alpha value is -2.47. The van der Waals surface area contributed by atoms with E-state index in [9.17, 15) is 9.90 Å². The van der Waals surface area contributed by atoms with Gasteiger partial charge in [0, 0.05) is 11.6 Å². The summed E-state index contributed by atoms with van der Waals surface area (Å²) in [5.41, 5.74) is 2.58. The Morgan fingerprint density at radius 3 is 2.80 bits per heavy atom. The second-order valence-corrected chi connectivity index (χ2v) is 4.75. The zero-order chi connectivity index (χ0) is 14.3. The van der Waals surface area contributed by atoms with E-state index in [1.165, 1.54) is 4.52 Å². The van der Waals surface area contributed by atoms with Crippen molar-refractivity contribution in [2.45, 2.75) is 20.0 Å². The lowest BCUT2D eigenvalue weighted by Crippen LogP contribution is -2.09. The van der Waals surface area contributed by atoms with Crippen molar-refractivity contribution in [3.63, 3.8) is 0 Å². The van der Waals surface area contributed by atoms with Gasteiger partial charge in [0.05, 0.1) is 11.8 Å². The van der Waals surface area contributed by atoms with Crippen molar-refractivity contribution in [3.8, 4) is 0 Å². The maximum atomic E-state index is 12.5. The number of rotatable bonds is 3. The molecule has 0 aliphatic carbocycles. The van der Waals surface area contributed by atoms with Gasteiger partial charge in [0.15, 0.2) is 5.65 Å². The number of hydrogen-bond acceptors (Lipinski definition) is 4. The number of aliphatic hydroxyl groups excluding tert-OH is 1. The topological polar surface area (TPSA) is 83.3 Å². The number of aromatic amines is 1. The number of benzene rings is 1. The van der Waals surface area contributed by atoms with Crippen LogP contribution in [0.2, 0.25) is 0 Å². The maximum Gasteiger partial charge on any atom is 0.232 e. The number of hydrogen-bond donors (Lipinski definition) is 2. The molecule has 6 nitrogen and oxygen atoms in total. The summed E-state index contributed by atoms with van der Waals surface area (Å²) in [5.74, 6) is 0.00999. The van der Waals surface area contributed by atoms with Gasteiger partial charge in [-0.1, -0.05) is 24.3 Å². The predicted octanol–water partition coefficient (Wildman–Crippen LogP) is 1.65. The summed E-state index contributed by atoms with van der Waals surface area (Å²) >= 11 is 0. The smallest absolute Gasteiger partial charge is 0.232 e. The van der Waals surface area contributed by atoms with Gasteiger partial charge in [-0.3, -0.25) is 9.89 Å².